The molecule has 0 aliphatic rings. The highest BCUT2D eigenvalue weighted by Crippen LogP contribution is 2.28. The molecule has 0 saturated heterocycles. The van der Waals surface area contributed by atoms with E-state index in [-0.39, 0.29) is 5.82 Å². The molecule has 0 spiro atoms. The minimum absolute atomic E-state index is 0.155. The normalized spacial score (nSPS) is 11.1. The Morgan fingerprint density at radius 3 is 2.50 bits per heavy atom. The van der Waals surface area contributed by atoms with Crippen LogP contribution in [0.4, 0.5) is 4.39 Å². The molecule has 1 nitrogen and oxygen atoms in total. The maximum Gasteiger partial charge on any atom is 0.126 e. The molecule has 90 valence electrons. The molecule has 0 fully saturated rings. The van der Waals surface area contributed by atoms with Gasteiger partial charge in [0.05, 0.1) is 0 Å². The molecule has 0 radical (unpaired) electrons. The van der Waals surface area contributed by atoms with Gasteiger partial charge in [-0.15, -0.1) is 0 Å². The number of fused-ring (bicyclic) bond motifs is 1. The molecular weight excluding hydrogens is 225 g/mol. The highest BCUT2D eigenvalue weighted by molar-refractivity contribution is 5.86. The minimum atomic E-state index is -0.155. The zero-order valence-corrected chi connectivity index (χ0v) is 10.4. The first-order chi connectivity index (χ1) is 8.66. The number of hydrogen-bond acceptors (Lipinski definition) is 0. The van der Waals surface area contributed by atoms with Crippen molar-refractivity contribution in [2.24, 2.45) is 7.05 Å². The monoisotopic (exact) mass is 239 g/mol. The predicted octanol–water partition coefficient (Wildman–Crippen LogP) is 4.29. The Hall–Kier alpha value is -2.09. The Balaban J connectivity index is 2.25. The van der Waals surface area contributed by atoms with Crippen LogP contribution in [-0.4, -0.2) is 4.57 Å². The lowest BCUT2D eigenvalue weighted by molar-refractivity contribution is 0.619. The maximum absolute atomic E-state index is 13.6. The fraction of sp³-hybridized carbons (Fsp3) is 0.125. The van der Waals surface area contributed by atoms with E-state index in [9.17, 15) is 4.39 Å². The van der Waals surface area contributed by atoms with Crippen LogP contribution < -0.4 is 0 Å². The first-order valence-electron chi connectivity index (χ1n) is 5.98. The number of nitrogens with zero attached hydrogens (tertiary/aromatic N) is 1. The Morgan fingerprint density at radius 2 is 1.78 bits per heavy atom. The third kappa shape index (κ3) is 1.61. The van der Waals surface area contributed by atoms with Crippen LogP contribution in [0.15, 0.2) is 48.5 Å². The minimum Gasteiger partial charge on any atom is -0.344 e. The van der Waals surface area contributed by atoms with Gasteiger partial charge < -0.3 is 4.57 Å². The number of aryl methyl sites for hydroxylation is 2. The summed E-state index contributed by atoms with van der Waals surface area (Å²) in [5.41, 5.74) is 3.79. The van der Waals surface area contributed by atoms with Gasteiger partial charge in [-0.1, -0.05) is 30.3 Å². The average Bonchev–Trinajstić information content (AvgIpc) is 2.71. The third-order valence-electron chi connectivity index (χ3n) is 3.42. The van der Waals surface area contributed by atoms with Crippen LogP contribution in [0.1, 0.15) is 5.56 Å². The van der Waals surface area contributed by atoms with Crippen LogP contribution in [0, 0.1) is 12.7 Å². The summed E-state index contributed by atoms with van der Waals surface area (Å²) in [4.78, 5) is 0. The van der Waals surface area contributed by atoms with Crippen molar-refractivity contribution in [1.82, 2.24) is 4.57 Å². The van der Waals surface area contributed by atoms with Crippen LogP contribution in [0.25, 0.3) is 22.2 Å². The summed E-state index contributed by atoms with van der Waals surface area (Å²) in [6.07, 6.45) is 0. The Bertz CT molecular complexity index is 725. The van der Waals surface area contributed by atoms with Crippen LogP contribution in [-0.2, 0) is 7.05 Å². The third-order valence-corrected chi connectivity index (χ3v) is 3.42. The smallest absolute Gasteiger partial charge is 0.126 e. The Labute approximate surface area is 105 Å². The van der Waals surface area contributed by atoms with E-state index in [0.717, 1.165) is 16.8 Å². The van der Waals surface area contributed by atoms with Crippen molar-refractivity contribution in [3.63, 3.8) is 0 Å². The van der Waals surface area contributed by atoms with Gasteiger partial charge in [0.15, 0.2) is 0 Å². The van der Waals surface area contributed by atoms with Gasteiger partial charge in [-0.05, 0) is 30.7 Å². The van der Waals surface area contributed by atoms with E-state index in [1.54, 1.807) is 13.0 Å². The van der Waals surface area contributed by atoms with Gasteiger partial charge in [-0.3, -0.25) is 0 Å². The van der Waals surface area contributed by atoms with Crippen LogP contribution in [0.2, 0.25) is 0 Å². The van der Waals surface area contributed by atoms with E-state index in [1.807, 2.05) is 31.3 Å². The van der Waals surface area contributed by atoms with Crippen LogP contribution >= 0.6 is 0 Å². The summed E-state index contributed by atoms with van der Waals surface area (Å²) in [5, 5.41) is 1.18. The fourth-order valence-electron chi connectivity index (χ4n) is 2.32. The van der Waals surface area contributed by atoms with Gasteiger partial charge in [0.2, 0.25) is 0 Å². The largest absolute Gasteiger partial charge is 0.344 e. The second-order valence-electron chi connectivity index (χ2n) is 4.61. The molecule has 0 bridgehead atoms. The van der Waals surface area contributed by atoms with Crippen molar-refractivity contribution in [2.75, 3.05) is 0 Å². The number of hydrogen-bond donors (Lipinski definition) is 0. The lowest BCUT2D eigenvalue weighted by Gasteiger charge is -2.05. The molecule has 3 aromatic rings. The highest BCUT2D eigenvalue weighted by Gasteiger charge is 2.08. The van der Waals surface area contributed by atoms with Crippen LogP contribution in [0.3, 0.4) is 0 Å². The number of halogens is 1. The molecule has 0 unspecified atom stereocenters. The maximum atomic E-state index is 13.6. The molecule has 0 saturated carbocycles. The molecule has 2 heteroatoms. The summed E-state index contributed by atoms with van der Waals surface area (Å²) >= 11 is 0. The van der Waals surface area contributed by atoms with E-state index in [0.29, 0.717) is 5.56 Å². The Morgan fingerprint density at radius 1 is 1.00 bits per heavy atom. The second kappa shape index (κ2) is 3.98. The average molecular weight is 239 g/mol. The number of para-hydroxylation sites is 1. The second-order valence-corrected chi connectivity index (χ2v) is 4.61. The van der Waals surface area contributed by atoms with Crippen molar-refractivity contribution < 1.29 is 4.39 Å². The summed E-state index contributed by atoms with van der Waals surface area (Å²) in [7, 11) is 2.01. The molecule has 0 atom stereocenters. The molecular formula is C16H14FN. The van der Waals surface area contributed by atoms with Gasteiger partial charge >= 0.3 is 0 Å². The first-order valence-corrected chi connectivity index (χ1v) is 5.98. The zero-order valence-electron chi connectivity index (χ0n) is 10.4. The van der Waals surface area contributed by atoms with Crippen molar-refractivity contribution in [3.05, 3.63) is 59.9 Å². The van der Waals surface area contributed by atoms with E-state index < -0.39 is 0 Å². The highest BCUT2D eigenvalue weighted by atomic mass is 19.1. The molecule has 0 aliphatic carbocycles. The molecule has 0 N–H and O–H groups in total. The van der Waals surface area contributed by atoms with Gasteiger partial charge in [-0.2, -0.15) is 0 Å². The summed E-state index contributed by atoms with van der Waals surface area (Å²) in [6, 6.07) is 15.7. The van der Waals surface area contributed by atoms with E-state index >= 15 is 0 Å². The summed E-state index contributed by atoms with van der Waals surface area (Å²) in [6.45, 7) is 1.78. The van der Waals surface area contributed by atoms with Crippen molar-refractivity contribution in [2.45, 2.75) is 6.92 Å². The number of aromatic nitrogens is 1. The van der Waals surface area contributed by atoms with Crippen molar-refractivity contribution in [3.8, 4) is 11.3 Å². The molecule has 2 aromatic carbocycles. The molecule has 0 aliphatic heterocycles. The predicted molar refractivity (Wildman–Crippen MR) is 73.1 cm³/mol. The lowest BCUT2D eigenvalue weighted by atomic mass is 10.1. The Kier molecular flexibility index (Phi) is 2.44. The zero-order chi connectivity index (χ0) is 12.7. The van der Waals surface area contributed by atoms with Gasteiger partial charge in [-0.25, -0.2) is 4.39 Å². The molecule has 0 amide bonds. The summed E-state index contributed by atoms with van der Waals surface area (Å²) < 4.78 is 15.7. The SMILES string of the molecule is Cc1ccc(-c2cc3ccccc3n2C)cc1F. The number of benzene rings is 2. The van der Waals surface area contributed by atoms with Gasteiger partial charge in [0, 0.05) is 29.2 Å². The topological polar surface area (TPSA) is 4.93 Å². The molecule has 1 heterocycles. The summed E-state index contributed by atoms with van der Waals surface area (Å²) in [5.74, 6) is -0.155. The molecule has 1 aromatic heterocycles. The van der Waals surface area contributed by atoms with Gasteiger partial charge in [0.25, 0.3) is 0 Å². The van der Waals surface area contributed by atoms with Crippen molar-refractivity contribution >= 4 is 10.9 Å². The van der Waals surface area contributed by atoms with E-state index in [4.69, 9.17) is 0 Å². The first kappa shape index (κ1) is 11.0. The van der Waals surface area contributed by atoms with Crippen LogP contribution in [0.5, 0.6) is 0 Å². The standard InChI is InChI=1S/C16H14FN/c1-11-7-8-13(9-14(11)17)16-10-12-5-3-4-6-15(12)18(16)2/h3-10H,1-2H3. The quantitative estimate of drug-likeness (QED) is 0.597. The molecule has 3 rings (SSSR count). The number of rotatable bonds is 1. The fourth-order valence-corrected chi connectivity index (χ4v) is 2.32. The van der Waals surface area contributed by atoms with E-state index in [1.165, 1.54) is 5.39 Å². The van der Waals surface area contributed by atoms with Crippen molar-refractivity contribution in [1.29, 1.82) is 0 Å². The molecule has 18 heavy (non-hydrogen) atoms. The van der Waals surface area contributed by atoms with Gasteiger partial charge in [0.1, 0.15) is 5.82 Å². The van der Waals surface area contributed by atoms with E-state index in [2.05, 4.69) is 22.8 Å². The lowest BCUT2D eigenvalue weighted by Crippen LogP contribution is -1.92.